The summed E-state index contributed by atoms with van der Waals surface area (Å²) < 4.78 is 34.7. The Morgan fingerprint density at radius 3 is 2.26 bits per heavy atom. The average molecular weight is 421 g/mol. The van der Waals surface area contributed by atoms with Crippen molar-refractivity contribution in [3.8, 4) is 17.6 Å². The molecule has 0 aliphatic heterocycles. The lowest BCUT2D eigenvalue weighted by atomic mass is 9.64. The maximum atomic E-state index is 14.8. The van der Waals surface area contributed by atoms with Crippen LogP contribution in [0.5, 0.6) is 5.75 Å². The maximum absolute atomic E-state index is 14.8. The van der Waals surface area contributed by atoms with Gasteiger partial charge in [-0.05, 0) is 111 Å². The van der Waals surface area contributed by atoms with E-state index >= 15 is 0 Å². The fourth-order valence-corrected chi connectivity index (χ4v) is 5.43. The molecule has 0 saturated heterocycles. The van der Waals surface area contributed by atoms with E-state index < -0.39 is 11.6 Å². The van der Waals surface area contributed by atoms with E-state index in [-0.39, 0.29) is 11.5 Å². The van der Waals surface area contributed by atoms with E-state index in [1.165, 1.54) is 31.4 Å². The van der Waals surface area contributed by atoms with Crippen LogP contribution in [0.15, 0.2) is 48.6 Å². The van der Waals surface area contributed by atoms with E-state index in [1.54, 1.807) is 31.4 Å². The number of allylic oxidation sites excluding steroid dienone is 2. The molecule has 4 unspecified atom stereocenters. The number of hydrogen-bond acceptors (Lipinski definition) is 1. The zero-order chi connectivity index (χ0) is 21.8. The lowest BCUT2D eigenvalue weighted by molar-refractivity contribution is 0.133. The highest BCUT2D eigenvalue weighted by molar-refractivity contribution is 5.46. The molecule has 31 heavy (non-hydrogen) atoms. The van der Waals surface area contributed by atoms with Crippen molar-refractivity contribution < 1.29 is 13.5 Å². The van der Waals surface area contributed by atoms with Gasteiger partial charge in [0, 0.05) is 5.56 Å². The third kappa shape index (κ3) is 5.01. The van der Waals surface area contributed by atoms with Gasteiger partial charge in [0.05, 0.1) is 12.7 Å². The Morgan fingerprint density at radius 1 is 0.903 bits per heavy atom. The van der Waals surface area contributed by atoms with Crippen LogP contribution in [-0.4, -0.2) is 7.11 Å². The highest BCUT2D eigenvalue weighted by Crippen LogP contribution is 2.48. The summed E-state index contributed by atoms with van der Waals surface area (Å²) in [6.45, 7) is 2.09. The summed E-state index contributed by atoms with van der Waals surface area (Å²) in [4.78, 5) is 0. The van der Waals surface area contributed by atoms with Crippen LogP contribution in [0.1, 0.15) is 68.1 Å². The molecule has 3 heteroatoms. The first-order chi connectivity index (χ1) is 15.1. The summed E-state index contributed by atoms with van der Waals surface area (Å²) in [5.74, 6) is 7.53. The van der Waals surface area contributed by atoms with E-state index in [2.05, 4.69) is 30.9 Å². The third-order valence-corrected chi connectivity index (χ3v) is 7.08. The molecule has 0 heterocycles. The topological polar surface area (TPSA) is 9.23 Å². The molecule has 162 valence electrons. The van der Waals surface area contributed by atoms with Crippen molar-refractivity contribution in [2.24, 2.45) is 17.8 Å². The largest absolute Gasteiger partial charge is 0.497 e. The molecular weight excluding hydrogens is 390 g/mol. The van der Waals surface area contributed by atoms with Crippen molar-refractivity contribution >= 4 is 0 Å². The van der Waals surface area contributed by atoms with Crippen LogP contribution in [0.4, 0.5) is 8.78 Å². The molecule has 0 bridgehead atoms. The minimum atomic E-state index is -0.560. The predicted molar refractivity (Wildman–Crippen MR) is 121 cm³/mol. The second kappa shape index (κ2) is 9.69. The van der Waals surface area contributed by atoms with Crippen LogP contribution < -0.4 is 4.74 Å². The lowest BCUT2D eigenvalue weighted by Gasteiger charge is -2.41. The van der Waals surface area contributed by atoms with Gasteiger partial charge < -0.3 is 4.74 Å². The summed E-state index contributed by atoms with van der Waals surface area (Å²) in [6, 6.07) is 10.1. The van der Waals surface area contributed by atoms with Crippen LogP contribution >= 0.6 is 0 Å². The van der Waals surface area contributed by atoms with E-state index in [1.807, 2.05) is 0 Å². The van der Waals surface area contributed by atoms with Gasteiger partial charge >= 0.3 is 0 Å². The third-order valence-electron chi connectivity index (χ3n) is 7.08. The standard InChI is InChI=1S/C28H30F2O/c1-3-4-20-5-9-22-16-23(11-10-21(22)15-20)24-17-27(29)26(28(30)18-24)14-8-19-6-12-25(31-2)13-7-19/h3-4,6-7,12-13,17-18,20-23H,5,9-11,15-16H2,1-2H3/b4-3+. The molecule has 2 aliphatic rings. The lowest BCUT2D eigenvalue weighted by Crippen LogP contribution is -2.30. The fourth-order valence-electron chi connectivity index (χ4n) is 5.43. The van der Waals surface area contributed by atoms with Gasteiger partial charge in [-0.25, -0.2) is 8.78 Å². The Morgan fingerprint density at radius 2 is 1.58 bits per heavy atom. The van der Waals surface area contributed by atoms with Crippen molar-refractivity contribution in [2.45, 2.75) is 51.4 Å². The summed E-state index contributed by atoms with van der Waals surface area (Å²) in [6.07, 6.45) is 11.5. The highest BCUT2D eigenvalue weighted by atomic mass is 19.1. The molecule has 1 nitrogen and oxygen atoms in total. The summed E-state index contributed by atoms with van der Waals surface area (Å²) >= 11 is 0. The Kier molecular flexibility index (Phi) is 6.76. The van der Waals surface area contributed by atoms with E-state index in [0.29, 0.717) is 17.4 Å². The molecule has 0 spiro atoms. The smallest absolute Gasteiger partial charge is 0.142 e. The Bertz CT molecular complexity index is 973. The normalized spacial score (nSPS) is 25.5. The van der Waals surface area contributed by atoms with Gasteiger partial charge in [0.1, 0.15) is 17.4 Å². The van der Waals surface area contributed by atoms with Gasteiger partial charge in [0.2, 0.25) is 0 Å². The predicted octanol–water partition coefficient (Wildman–Crippen LogP) is 7.25. The number of benzene rings is 2. The van der Waals surface area contributed by atoms with Crippen LogP contribution in [0, 0.1) is 41.2 Å². The fraction of sp³-hybridized carbons (Fsp3) is 0.429. The van der Waals surface area contributed by atoms with E-state index in [4.69, 9.17) is 4.74 Å². The summed E-state index contributed by atoms with van der Waals surface area (Å²) in [7, 11) is 1.59. The molecule has 0 amide bonds. The Labute approximate surface area is 184 Å². The Balaban J connectivity index is 1.47. The molecule has 2 aromatic carbocycles. The highest BCUT2D eigenvalue weighted by Gasteiger charge is 2.35. The van der Waals surface area contributed by atoms with Gasteiger partial charge in [-0.1, -0.05) is 24.0 Å². The maximum Gasteiger partial charge on any atom is 0.142 e. The Hall–Kier alpha value is -2.60. The molecule has 4 rings (SSSR count). The van der Waals surface area contributed by atoms with Gasteiger partial charge in [0.15, 0.2) is 0 Å². The van der Waals surface area contributed by atoms with E-state index in [0.717, 1.165) is 36.5 Å². The molecule has 0 N–H and O–H groups in total. The summed E-state index contributed by atoms with van der Waals surface area (Å²) in [5.41, 5.74) is 1.33. The molecule has 2 aliphatic carbocycles. The zero-order valence-electron chi connectivity index (χ0n) is 18.3. The second-order valence-corrected chi connectivity index (χ2v) is 8.97. The number of ether oxygens (including phenoxy) is 1. The van der Waals surface area contributed by atoms with Gasteiger partial charge in [-0.2, -0.15) is 0 Å². The van der Waals surface area contributed by atoms with Crippen molar-refractivity contribution in [1.29, 1.82) is 0 Å². The molecular formula is C28H30F2O. The summed E-state index contributed by atoms with van der Waals surface area (Å²) in [5, 5.41) is 0. The molecule has 0 radical (unpaired) electrons. The molecule has 4 atom stereocenters. The molecule has 2 aromatic rings. The molecule has 2 fully saturated rings. The number of rotatable bonds is 3. The number of methoxy groups -OCH3 is 1. The van der Waals surface area contributed by atoms with Crippen LogP contribution in [0.2, 0.25) is 0 Å². The van der Waals surface area contributed by atoms with Crippen molar-refractivity contribution in [3.05, 3.63) is 76.9 Å². The van der Waals surface area contributed by atoms with Gasteiger partial charge in [0.25, 0.3) is 0 Å². The minimum Gasteiger partial charge on any atom is -0.497 e. The van der Waals surface area contributed by atoms with Crippen molar-refractivity contribution in [2.75, 3.05) is 7.11 Å². The monoisotopic (exact) mass is 420 g/mol. The van der Waals surface area contributed by atoms with Gasteiger partial charge in [-0.15, -0.1) is 0 Å². The van der Waals surface area contributed by atoms with Crippen LogP contribution in [0.3, 0.4) is 0 Å². The first-order valence-corrected chi connectivity index (χ1v) is 11.3. The quantitative estimate of drug-likeness (QED) is 0.375. The zero-order valence-corrected chi connectivity index (χ0v) is 18.3. The number of hydrogen-bond donors (Lipinski definition) is 0. The first-order valence-electron chi connectivity index (χ1n) is 11.3. The van der Waals surface area contributed by atoms with E-state index in [9.17, 15) is 8.78 Å². The number of halogens is 2. The van der Waals surface area contributed by atoms with Crippen molar-refractivity contribution in [1.82, 2.24) is 0 Å². The van der Waals surface area contributed by atoms with Crippen molar-refractivity contribution in [3.63, 3.8) is 0 Å². The average Bonchev–Trinajstić information content (AvgIpc) is 2.78. The van der Waals surface area contributed by atoms with Crippen LogP contribution in [0.25, 0.3) is 0 Å². The van der Waals surface area contributed by atoms with Crippen LogP contribution in [-0.2, 0) is 0 Å². The SMILES string of the molecule is C/C=C/C1CCC2CC(c3cc(F)c(C#Cc4ccc(OC)cc4)c(F)c3)CCC2C1. The minimum absolute atomic E-state index is 0.153. The molecule has 2 saturated carbocycles. The first kappa shape index (κ1) is 21.6. The molecule has 0 aromatic heterocycles. The van der Waals surface area contributed by atoms with Gasteiger partial charge in [-0.3, -0.25) is 0 Å². The number of fused-ring (bicyclic) bond motifs is 1. The second-order valence-electron chi connectivity index (χ2n) is 8.97.